The maximum absolute atomic E-state index is 3.75. The van der Waals surface area contributed by atoms with Gasteiger partial charge in [0, 0.05) is 5.69 Å². The summed E-state index contributed by atoms with van der Waals surface area (Å²) in [6.45, 7) is 6.74. The van der Waals surface area contributed by atoms with Crippen molar-refractivity contribution >= 4 is 5.69 Å². The van der Waals surface area contributed by atoms with E-state index in [1.54, 1.807) is 0 Å². The van der Waals surface area contributed by atoms with Gasteiger partial charge < -0.3 is 5.32 Å². The molecule has 0 radical (unpaired) electrons. The van der Waals surface area contributed by atoms with Crippen LogP contribution in [-0.2, 0) is 0 Å². The molecule has 1 heteroatoms. The summed E-state index contributed by atoms with van der Waals surface area (Å²) < 4.78 is 0. The molecule has 2 aromatic carbocycles. The lowest BCUT2D eigenvalue weighted by atomic mass is 9.98. The third-order valence-electron chi connectivity index (χ3n) is 3.69. The number of hydrogen-bond acceptors (Lipinski definition) is 1. The Morgan fingerprint density at radius 1 is 0.900 bits per heavy atom. The highest BCUT2D eigenvalue weighted by Gasteiger charge is 2.13. The van der Waals surface area contributed by atoms with Gasteiger partial charge in [-0.3, -0.25) is 0 Å². The van der Waals surface area contributed by atoms with Crippen LogP contribution in [0.1, 0.15) is 56.7 Å². The standard InChI is InChI=1S/C19H25N/c1-4-10-18(16-11-6-5-7-12-16)20-19-14-9-8-13-17(19)15(2)3/h5-9,11-15,18,20H,4,10H2,1-3H3. The third-order valence-corrected chi connectivity index (χ3v) is 3.69. The van der Waals surface area contributed by atoms with Crippen LogP contribution < -0.4 is 5.32 Å². The van der Waals surface area contributed by atoms with Gasteiger partial charge in [0.05, 0.1) is 6.04 Å². The van der Waals surface area contributed by atoms with Crippen LogP contribution in [0.5, 0.6) is 0 Å². The fourth-order valence-corrected chi connectivity index (χ4v) is 2.62. The highest BCUT2D eigenvalue weighted by molar-refractivity contribution is 5.54. The Morgan fingerprint density at radius 3 is 2.20 bits per heavy atom. The van der Waals surface area contributed by atoms with E-state index in [1.165, 1.54) is 23.2 Å². The summed E-state index contributed by atoms with van der Waals surface area (Å²) in [5.74, 6) is 0.539. The van der Waals surface area contributed by atoms with Gasteiger partial charge in [0.15, 0.2) is 0 Å². The first-order valence-electron chi connectivity index (χ1n) is 7.62. The van der Waals surface area contributed by atoms with E-state index in [-0.39, 0.29) is 0 Å². The lowest BCUT2D eigenvalue weighted by molar-refractivity contribution is 0.675. The molecule has 0 saturated carbocycles. The fourth-order valence-electron chi connectivity index (χ4n) is 2.62. The van der Waals surface area contributed by atoms with Crippen LogP contribution in [0.25, 0.3) is 0 Å². The maximum atomic E-state index is 3.75. The molecule has 0 aliphatic rings. The minimum Gasteiger partial charge on any atom is -0.378 e. The average molecular weight is 267 g/mol. The first-order chi connectivity index (χ1) is 9.72. The van der Waals surface area contributed by atoms with Crippen molar-refractivity contribution in [1.29, 1.82) is 0 Å². The van der Waals surface area contributed by atoms with Gasteiger partial charge in [-0.2, -0.15) is 0 Å². The van der Waals surface area contributed by atoms with E-state index in [4.69, 9.17) is 0 Å². The number of benzene rings is 2. The van der Waals surface area contributed by atoms with Crippen molar-refractivity contribution in [2.24, 2.45) is 0 Å². The molecule has 0 heterocycles. The molecule has 0 aliphatic heterocycles. The van der Waals surface area contributed by atoms with Crippen molar-refractivity contribution in [3.05, 3.63) is 65.7 Å². The minimum atomic E-state index is 0.390. The highest BCUT2D eigenvalue weighted by atomic mass is 14.9. The smallest absolute Gasteiger partial charge is 0.0513 e. The quantitative estimate of drug-likeness (QED) is 0.701. The molecule has 0 aliphatic carbocycles. The van der Waals surface area contributed by atoms with E-state index < -0.39 is 0 Å². The Labute approximate surface area is 123 Å². The number of hydrogen-bond donors (Lipinski definition) is 1. The Morgan fingerprint density at radius 2 is 1.55 bits per heavy atom. The SMILES string of the molecule is CCCC(Nc1ccccc1C(C)C)c1ccccc1. The van der Waals surface area contributed by atoms with Crippen molar-refractivity contribution in [2.45, 2.75) is 45.6 Å². The van der Waals surface area contributed by atoms with Crippen LogP contribution in [0.4, 0.5) is 5.69 Å². The van der Waals surface area contributed by atoms with Gasteiger partial charge in [0.1, 0.15) is 0 Å². The van der Waals surface area contributed by atoms with E-state index in [0.717, 1.165) is 6.42 Å². The number of rotatable bonds is 6. The number of nitrogens with one attached hydrogen (secondary N) is 1. The molecular formula is C19H25N. The summed E-state index contributed by atoms with van der Waals surface area (Å²) in [6.07, 6.45) is 2.33. The van der Waals surface area contributed by atoms with Crippen LogP contribution in [0, 0.1) is 0 Å². The molecular weight excluding hydrogens is 242 g/mol. The predicted molar refractivity (Wildman–Crippen MR) is 88.2 cm³/mol. The molecule has 0 aromatic heterocycles. The summed E-state index contributed by atoms with van der Waals surface area (Å²) in [5, 5.41) is 3.75. The van der Waals surface area contributed by atoms with Gasteiger partial charge in [-0.1, -0.05) is 75.7 Å². The summed E-state index contributed by atoms with van der Waals surface area (Å²) >= 11 is 0. The molecule has 2 rings (SSSR count). The number of para-hydroxylation sites is 1. The first-order valence-corrected chi connectivity index (χ1v) is 7.62. The van der Waals surface area contributed by atoms with Crippen molar-refractivity contribution in [2.75, 3.05) is 5.32 Å². The summed E-state index contributed by atoms with van der Waals surface area (Å²) in [7, 11) is 0. The molecule has 0 bridgehead atoms. The second kappa shape index (κ2) is 7.14. The lowest BCUT2D eigenvalue weighted by Crippen LogP contribution is -2.12. The van der Waals surface area contributed by atoms with E-state index in [9.17, 15) is 0 Å². The second-order valence-corrected chi connectivity index (χ2v) is 5.64. The van der Waals surface area contributed by atoms with Crippen LogP contribution >= 0.6 is 0 Å². The molecule has 20 heavy (non-hydrogen) atoms. The van der Waals surface area contributed by atoms with Gasteiger partial charge in [-0.15, -0.1) is 0 Å². The fraction of sp³-hybridized carbons (Fsp3) is 0.368. The number of anilines is 1. The zero-order chi connectivity index (χ0) is 14.4. The van der Waals surface area contributed by atoms with Gasteiger partial charge in [0.2, 0.25) is 0 Å². The maximum Gasteiger partial charge on any atom is 0.0513 e. The summed E-state index contributed by atoms with van der Waals surface area (Å²) in [4.78, 5) is 0. The minimum absolute atomic E-state index is 0.390. The average Bonchev–Trinajstić information content (AvgIpc) is 2.48. The van der Waals surface area contributed by atoms with E-state index >= 15 is 0 Å². The molecule has 106 valence electrons. The molecule has 2 aromatic rings. The monoisotopic (exact) mass is 267 g/mol. The molecule has 1 atom stereocenters. The van der Waals surface area contributed by atoms with Crippen molar-refractivity contribution in [3.63, 3.8) is 0 Å². The Balaban J connectivity index is 2.25. The molecule has 0 fully saturated rings. The van der Waals surface area contributed by atoms with Crippen molar-refractivity contribution in [1.82, 2.24) is 0 Å². The predicted octanol–water partition coefficient (Wildman–Crippen LogP) is 5.76. The first kappa shape index (κ1) is 14.6. The van der Waals surface area contributed by atoms with E-state index in [1.807, 2.05) is 0 Å². The van der Waals surface area contributed by atoms with E-state index in [0.29, 0.717) is 12.0 Å². The zero-order valence-corrected chi connectivity index (χ0v) is 12.8. The lowest BCUT2D eigenvalue weighted by Gasteiger charge is -2.23. The van der Waals surface area contributed by atoms with Gasteiger partial charge in [-0.05, 0) is 29.5 Å². The molecule has 0 saturated heterocycles. The summed E-state index contributed by atoms with van der Waals surface area (Å²) in [6, 6.07) is 19.8. The van der Waals surface area contributed by atoms with Crippen LogP contribution in [0.2, 0.25) is 0 Å². The second-order valence-electron chi connectivity index (χ2n) is 5.64. The van der Waals surface area contributed by atoms with Gasteiger partial charge >= 0.3 is 0 Å². The van der Waals surface area contributed by atoms with Crippen molar-refractivity contribution in [3.8, 4) is 0 Å². The Hall–Kier alpha value is -1.76. The molecule has 1 nitrogen and oxygen atoms in total. The molecule has 0 spiro atoms. The van der Waals surface area contributed by atoms with Crippen LogP contribution in [0.3, 0.4) is 0 Å². The molecule has 1 unspecified atom stereocenters. The Kier molecular flexibility index (Phi) is 5.23. The Bertz CT molecular complexity index is 516. The molecule has 0 amide bonds. The van der Waals surface area contributed by atoms with Crippen LogP contribution in [0.15, 0.2) is 54.6 Å². The molecule has 1 N–H and O–H groups in total. The third kappa shape index (κ3) is 3.63. The topological polar surface area (TPSA) is 12.0 Å². The van der Waals surface area contributed by atoms with Crippen molar-refractivity contribution < 1.29 is 0 Å². The van der Waals surface area contributed by atoms with Crippen LogP contribution in [-0.4, -0.2) is 0 Å². The normalized spacial score (nSPS) is 12.4. The highest BCUT2D eigenvalue weighted by Crippen LogP contribution is 2.29. The largest absolute Gasteiger partial charge is 0.378 e. The van der Waals surface area contributed by atoms with E-state index in [2.05, 4.69) is 80.7 Å². The van der Waals surface area contributed by atoms with Gasteiger partial charge in [0.25, 0.3) is 0 Å². The van der Waals surface area contributed by atoms with Gasteiger partial charge in [-0.25, -0.2) is 0 Å². The zero-order valence-electron chi connectivity index (χ0n) is 12.8. The summed E-state index contributed by atoms with van der Waals surface area (Å²) in [5.41, 5.74) is 4.03.